The van der Waals surface area contributed by atoms with Crippen molar-refractivity contribution in [2.45, 2.75) is 20.0 Å². The Labute approximate surface area is 169 Å². The molecule has 1 unspecified atom stereocenters. The summed E-state index contributed by atoms with van der Waals surface area (Å²) in [5, 5.41) is 11.5. The normalized spacial score (nSPS) is 12.1. The molecular weight excluding hydrogens is 376 g/mol. The van der Waals surface area contributed by atoms with Crippen LogP contribution in [0, 0.1) is 13.8 Å². The Kier molecular flexibility index (Phi) is 5.87. The van der Waals surface area contributed by atoms with Crippen LogP contribution in [0.15, 0.2) is 42.5 Å². The summed E-state index contributed by atoms with van der Waals surface area (Å²) in [5.41, 5.74) is 3.88. The maximum Gasteiger partial charge on any atom is 0.256 e. The number of aliphatic hydroxyl groups is 1. The zero-order valence-electron chi connectivity index (χ0n) is 16.4. The molecule has 0 aliphatic rings. The number of rotatable bonds is 5. The number of benzene rings is 2. The summed E-state index contributed by atoms with van der Waals surface area (Å²) in [7, 11) is 3.20. The zero-order valence-corrected chi connectivity index (χ0v) is 17.1. The van der Waals surface area contributed by atoms with Crippen LogP contribution in [0.1, 0.15) is 33.2 Å². The van der Waals surface area contributed by atoms with Gasteiger partial charge < -0.3 is 14.7 Å². The van der Waals surface area contributed by atoms with E-state index in [1.54, 1.807) is 44.5 Å². The largest absolute Gasteiger partial charge is 0.497 e. The number of pyridine rings is 1. The zero-order chi connectivity index (χ0) is 20.4. The van der Waals surface area contributed by atoms with Gasteiger partial charge in [0, 0.05) is 12.4 Å². The highest BCUT2D eigenvalue weighted by molar-refractivity contribution is 6.33. The van der Waals surface area contributed by atoms with Gasteiger partial charge >= 0.3 is 0 Å². The van der Waals surface area contributed by atoms with Crippen LogP contribution in [-0.2, 0) is 0 Å². The number of likely N-dealkylation sites (N-methyl/N-ethyl adjacent to an activating group) is 1. The van der Waals surface area contributed by atoms with Crippen molar-refractivity contribution in [1.82, 2.24) is 9.88 Å². The Morgan fingerprint density at radius 1 is 1.25 bits per heavy atom. The van der Waals surface area contributed by atoms with E-state index < -0.39 is 6.10 Å². The Balaban J connectivity index is 1.85. The number of aromatic nitrogens is 1. The number of methoxy groups -OCH3 is 1. The van der Waals surface area contributed by atoms with Gasteiger partial charge in [-0.1, -0.05) is 35.4 Å². The number of fused-ring (bicyclic) bond motifs is 1. The van der Waals surface area contributed by atoms with Gasteiger partial charge in [0.05, 0.1) is 30.8 Å². The van der Waals surface area contributed by atoms with Crippen molar-refractivity contribution in [2.75, 3.05) is 20.7 Å². The van der Waals surface area contributed by atoms with E-state index in [9.17, 15) is 9.90 Å². The summed E-state index contributed by atoms with van der Waals surface area (Å²) in [6.07, 6.45) is -0.847. The monoisotopic (exact) mass is 398 g/mol. The van der Waals surface area contributed by atoms with E-state index in [1.807, 2.05) is 26.0 Å². The first-order valence-corrected chi connectivity index (χ1v) is 9.33. The van der Waals surface area contributed by atoms with E-state index in [0.29, 0.717) is 16.9 Å². The molecule has 146 valence electrons. The lowest BCUT2D eigenvalue weighted by atomic mass is 10.0. The number of halogens is 1. The summed E-state index contributed by atoms with van der Waals surface area (Å²) in [4.78, 5) is 18.8. The van der Waals surface area contributed by atoms with E-state index in [4.69, 9.17) is 16.3 Å². The predicted octanol–water partition coefficient (Wildman–Crippen LogP) is 4.32. The van der Waals surface area contributed by atoms with Gasteiger partial charge in [0.15, 0.2) is 0 Å². The fraction of sp³-hybridized carbons (Fsp3) is 0.273. The Morgan fingerprint density at radius 2 is 2.00 bits per heavy atom. The molecule has 0 radical (unpaired) electrons. The van der Waals surface area contributed by atoms with Crippen molar-refractivity contribution in [3.63, 3.8) is 0 Å². The molecular formula is C22H23ClN2O3. The molecule has 0 bridgehead atoms. The molecule has 1 atom stereocenters. The van der Waals surface area contributed by atoms with Gasteiger partial charge in [-0.3, -0.25) is 4.79 Å². The van der Waals surface area contributed by atoms with Gasteiger partial charge in [0.2, 0.25) is 0 Å². The molecule has 1 heterocycles. The minimum Gasteiger partial charge on any atom is -0.497 e. The van der Waals surface area contributed by atoms with Crippen LogP contribution in [0.3, 0.4) is 0 Å². The van der Waals surface area contributed by atoms with Gasteiger partial charge in [-0.05, 0) is 49.2 Å². The van der Waals surface area contributed by atoms with Crippen molar-refractivity contribution in [2.24, 2.45) is 0 Å². The summed E-state index contributed by atoms with van der Waals surface area (Å²) in [6.45, 7) is 4.09. The number of amides is 1. The highest BCUT2D eigenvalue weighted by Gasteiger charge is 2.21. The van der Waals surface area contributed by atoms with Crippen molar-refractivity contribution >= 4 is 28.4 Å². The standard InChI is InChI=1S/C22H23ClN2O3/c1-13-8-14(2)20-16(9-13)11-18(21(23)24-20)22(27)25(3)12-19(26)15-6-5-7-17(10-15)28-4/h5-11,19,26H,12H2,1-4H3. The molecule has 0 aliphatic heterocycles. The molecule has 0 aliphatic carbocycles. The predicted molar refractivity (Wildman–Crippen MR) is 111 cm³/mol. The van der Waals surface area contributed by atoms with Gasteiger partial charge in [-0.25, -0.2) is 4.98 Å². The Bertz CT molecular complexity index is 1040. The van der Waals surface area contributed by atoms with E-state index in [-0.39, 0.29) is 17.6 Å². The van der Waals surface area contributed by atoms with Gasteiger partial charge in [-0.2, -0.15) is 0 Å². The van der Waals surface area contributed by atoms with Crippen LogP contribution in [0.25, 0.3) is 10.9 Å². The number of hydrogen-bond acceptors (Lipinski definition) is 4. The second-order valence-electron chi connectivity index (χ2n) is 6.96. The van der Waals surface area contributed by atoms with E-state index >= 15 is 0 Å². The van der Waals surface area contributed by atoms with E-state index in [0.717, 1.165) is 22.0 Å². The molecule has 0 saturated carbocycles. The summed E-state index contributed by atoms with van der Waals surface area (Å²) in [5.74, 6) is 0.360. The second kappa shape index (κ2) is 8.17. The van der Waals surface area contributed by atoms with Crippen LogP contribution in [-0.4, -0.2) is 41.6 Å². The number of ether oxygens (including phenoxy) is 1. The molecule has 3 aromatic rings. The molecule has 1 aromatic heterocycles. The molecule has 1 N–H and O–H groups in total. The maximum atomic E-state index is 12.9. The fourth-order valence-corrected chi connectivity index (χ4v) is 3.50. The number of carbonyl (C=O) groups excluding carboxylic acids is 1. The fourth-order valence-electron chi connectivity index (χ4n) is 3.28. The van der Waals surface area contributed by atoms with Crippen LogP contribution in [0.2, 0.25) is 5.15 Å². The maximum absolute atomic E-state index is 12.9. The van der Waals surface area contributed by atoms with Gasteiger partial charge in [0.1, 0.15) is 10.9 Å². The van der Waals surface area contributed by atoms with Crippen molar-refractivity contribution in [3.8, 4) is 5.75 Å². The molecule has 1 amide bonds. The topological polar surface area (TPSA) is 62.7 Å². The lowest BCUT2D eigenvalue weighted by Crippen LogP contribution is -2.31. The molecule has 2 aromatic carbocycles. The van der Waals surface area contributed by atoms with Crippen LogP contribution < -0.4 is 4.74 Å². The average Bonchev–Trinajstić information content (AvgIpc) is 2.67. The Hall–Kier alpha value is -2.63. The first-order valence-electron chi connectivity index (χ1n) is 8.95. The molecule has 6 heteroatoms. The third kappa shape index (κ3) is 4.11. The first-order chi connectivity index (χ1) is 13.3. The highest BCUT2D eigenvalue weighted by atomic mass is 35.5. The summed E-state index contributed by atoms with van der Waals surface area (Å²) in [6, 6.07) is 12.9. The van der Waals surface area contributed by atoms with E-state index in [2.05, 4.69) is 4.98 Å². The summed E-state index contributed by atoms with van der Waals surface area (Å²) >= 11 is 6.31. The van der Waals surface area contributed by atoms with Crippen molar-refractivity contribution in [3.05, 3.63) is 69.9 Å². The third-order valence-corrected chi connectivity index (χ3v) is 5.00. The second-order valence-corrected chi connectivity index (χ2v) is 7.32. The van der Waals surface area contributed by atoms with Crippen LogP contribution in [0.4, 0.5) is 0 Å². The van der Waals surface area contributed by atoms with E-state index in [1.165, 1.54) is 4.90 Å². The minimum atomic E-state index is -0.847. The molecule has 28 heavy (non-hydrogen) atoms. The van der Waals surface area contributed by atoms with Gasteiger partial charge in [-0.15, -0.1) is 0 Å². The number of carbonyl (C=O) groups is 1. The van der Waals surface area contributed by atoms with Crippen molar-refractivity contribution < 1.29 is 14.6 Å². The van der Waals surface area contributed by atoms with Crippen LogP contribution >= 0.6 is 11.6 Å². The summed E-state index contributed by atoms with van der Waals surface area (Å²) < 4.78 is 5.19. The Morgan fingerprint density at radius 3 is 2.71 bits per heavy atom. The SMILES string of the molecule is COc1cccc(C(O)CN(C)C(=O)c2cc3cc(C)cc(C)c3nc2Cl)c1. The number of nitrogens with zero attached hydrogens (tertiary/aromatic N) is 2. The smallest absolute Gasteiger partial charge is 0.256 e. The minimum absolute atomic E-state index is 0.118. The average molecular weight is 399 g/mol. The third-order valence-electron chi connectivity index (χ3n) is 4.71. The lowest BCUT2D eigenvalue weighted by molar-refractivity contribution is 0.0680. The molecule has 3 rings (SSSR count). The molecule has 5 nitrogen and oxygen atoms in total. The lowest BCUT2D eigenvalue weighted by Gasteiger charge is -2.22. The molecule has 0 saturated heterocycles. The number of hydrogen-bond donors (Lipinski definition) is 1. The number of aryl methyl sites for hydroxylation is 2. The quantitative estimate of drug-likeness (QED) is 0.650. The number of aliphatic hydroxyl groups excluding tert-OH is 1. The molecule has 0 fully saturated rings. The van der Waals surface area contributed by atoms with Gasteiger partial charge in [0.25, 0.3) is 5.91 Å². The first kappa shape index (κ1) is 20.1. The highest BCUT2D eigenvalue weighted by Crippen LogP contribution is 2.26. The van der Waals surface area contributed by atoms with Crippen molar-refractivity contribution in [1.29, 1.82) is 0 Å². The molecule has 0 spiro atoms. The van der Waals surface area contributed by atoms with Crippen LogP contribution in [0.5, 0.6) is 5.75 Å².